The Morgan fingerprint density at radius 1 is 1.17 bits per heavy atom. The summed E-state index contributed by atoms with van der Waals surface area (Å²) in [5, 5.41) is 11.3. The van der Waals surface area contributed by atoms with Crippen LogP contribution in [0.4, 0.5) is 8.78 Å². The lowest BCUT2D eigenvalue weighted by Gasteiger charge is -2.34. The van der Waals surface area contributed by atoms with Gasteiger partial charge >= 0.3 is 1.43 Å². The van der Waals surface area contributed by atoms with Crippen molar-refractivity contribution in [3.05, 3.63) is 76.7 Å². The number of phosphoric acid groups is 1. The molecule has 2 aliphatic heterocycles. The summed E-state index contributed by atoms with van der Waals surface area (Å²) in [6.45, 7) is -0.374. The maximum absolute atomic E-state index is 13.6. The monoisotopic (exact) mass is 603 g/mol. The molecule has 0 radical (unpaired) electrons. The predicted molar refractivity (Wildman–Crippen MR) is 140 cm³/mol. The van der Waals surface area contributed by atoms with E-state index in [-0.39, 0.29) is 35.7 Å². The molecule has 12 nitrogen and oxygen atoms in total. The molecular weight excluding hydrogens is 583 g/mol. The highest BCUT2D eigenvalue weighted by Crippen LogP contribution is 2.50. The summed E-state index contributed by atoms with van der Waals surface area (Å²) >= 11 is 1.03. The second-order valence-corrected chi connectivity index (χ2v) is 11.8. The van der Waals surface area contributed by atoms with Gasteiger partial charge in [0.1, 0.15) is 18.3 Å². The maximum atomic E-state index is 13.6. The van der Waals surface area contributed by atoms with Crippen molar-refractivity contribution in [3.63, 3.8) is 0 Å². The quantitative estimate of drug-likeness (QED) is 0.286. The van der Waals surface area contributed by atoms with Crippen molar-refractivity contribution in [2.24, 2.45) is 0 Å². The van der Waals surface area contributed by atoms with Gasteiger partial charge in [-0.05, 0) is 17.7 Å². The van der Waals surface area contributed by atoms with Crippen LogP contribution >= 0.6 is 19.6 Å². The number of aromatic amines is 1. The van der Waals surface area contributed by atoms with Crippen LogP contribution in [-0.4, -0.2) is 53.9 Å². The zero-order valence-electron chi connectivity index (χ0n) is 21.7. The molecule has 3 unspecified atom stereocenters. The second-order valence-electron chi connectivity index (χ2n) is 9.42. The Hall–Kier alpha value is -3.43. The number of nitrogens with one attached hydrogen (secondary N) is 1. The minimum atomic E-state index is -4.65. The first kappa shape index (κ1) is 26.5. The molecule has 5 aromatic rings. The number of rotatable bonds is 5. The van der Waals surface area contributed by atoms with Crippen LogP contribution in [0.1, 0.15) is 19.6 Å². The van der Waals surface area contributed by atoms with Gasteiger partial charge in [0.15, 0.2) is 22.5 Å². The van der Waals surface area contributed by atoms with E-state index in [0.717, 1.165) is 17.3 Å². The SMILES string of the molecule is O=c1c2nc(Sc3ccc(C(F)F)cc3)n([C@@H]3OC4COP(=O)([O-])O[C@H]4C3O)c2nc2[nH]c(-c3ccccc3)cn12.[H+]. The fraction of sp³-hybridized carbons (Fsp3) is 0.240. The van der Waals surface area contributed by atoms with E-state index in [9.17, 15) is 28.1 Å². The number of hydrogen-bond donors (Lipinski definition) is 2. The average molecular weight is 604 g/mol. The largest absolute Gasteiger partial charge is 1.00 e. The molecule has 0 saturated carbocycles. The van der Waals surface area contributed by atoms with Gasteiger partial charge in [-0.25, -0.2) is 18.2 Å². The van der Waals surface area contributed by atoms with Crippen LogP contribution in [0, 0.1) is 0 Å². The first-order valence-corrected chi connectivity index (χ1v) is 14.6. The van der Waals surface area contributed by atoms with Gasteiger partial charge < -0.3 is 28.8 Å². The summed E-state index contributed by atoms with van der Waals surface area (Å²) in [5.74, 6) is 0.189. The Morgan fingerprint density at radius 3 is 2.66 bits per heavy atom. The molecule has 16 heteroatoms. The molecule has 2 fully saturated rings. The summed E-state index contributed by atoms with van der Waals surface area (Å²) in [6.07, 6.45) is -6.02. The number of imidazole rings is 2. The summed E-state index contributed by atoms with van der Waals surface area (Å²) < 4.78 is 56.5. The standard InChI is InChI=1S/C25H20F2N5O7PS/c26-20(27)13-6-8-14(9-7-13)41-25-29-17-21(32(25)23-18(33)19-16(38-23)11-37-40(35,36)39-19)30-24-28-15(10-31(24)22(17)34)12-4-2-1-3-5-12/h1-10,16,18-20,23,33H,11H2,(H,28,30)(H,35,36)/t16?,18?,19-,23-/m1/s1. The number of nitrogens with zero attached hydrogens (tertiary/aromatic N) is 4. The lowest BCUT2D eigenvalue weighted by molar-refractivity contribution is -0.245. The first-order valence-electron chi connectivity index (χ1n) is 12.3. The van der Waals surface area contributed by atoms with Crippen molar-refractivity contribution in [2.45, 2.75) is 41.0 Å². The molecule has 2 aliphatic rings. The highest BCUT2D eigenvalue weighted by atomic mass is 32.2. The number of hydrogen-bond acceptors (Lipinski definition) is 10. The third kappa shape index (κ3) is 4.59. The molecule has 2 N–H and O–H groups in total. The lowest BCUT2D eigenvalue weighted by atomic mass is 10.1. The number of aromatic nitrogens is 5. The number of aliphatic hydroxyl groups excluding tert-OH is 1. The second kappa shape index (κ2) is 9.84. The Bertz CT molecular complexity index is 1890. The molecule has 212 valence electrons. The highest BCUT2D eigenvalue weighted by molar-refractivity contribution is 7.99. The number of ether oxygens (including phenoxy) is 1. The molecule has 0 aliphatic carbocycles. The Morgan fingerprint density at radius 2 is 1.93 bits per heavy atom. The van der Waals surface area contributed by atoms with Crippen molar-refractivity contribution >= 4 is 36.5 Å². The van der Waals surface area contributed by atoms with E-state index in [1.54, 1.807) is 6.20 Å². The van der Waals surface area contributed by atoms with Gasteiger partial charge in [0.25, 0.3) is 19.8 Å². The molecule has 0 bridgehead atoms. The molecule has 2 aromatic carbocycles. The summed E-state index contributed by atoms with van der Waals surface area (Å²) in [4.78, 5) is 38.3. The summed E-state index contributed by atoms with van der Waals surface area (Å²) in [5.41, 5.74) is 0.777. The van der Waals surface area contributed by atoms with Crippen molar-refractivity contribution in [1.29, 1.82) is 0 Å². The van der Waals surface area contributed by atoms with Gasteiger partial charge in [-0.3, -0.25) is 13.9 Å². The minimum absolute atomic E-state index is 0. The zero-order valence-corrected chi connectivity index (χ0v) is 22.4. The van der Waals surface area contributed by atoms with Crippen LogP contribution in [0.5, 0.6) is 0 Å². The summed E-state index contributed by atoms with van der Waals surface area (Å²) in [7, 11) is -4.65. The lowest BCUT2D eigenvalue weighted by Crippen LogP contribution is -2.41. The third-order valence-corrected chi connectivity index (χ3v) is 8.80. The van der Waals surface area contributed by atoms with Gasteiger partial charge in [0.2, 0.25) is 5.78 Å². The number of H-pyrrole nitrogens is 1. The van der Waals surface area contributed by atoms with Crippen LogP contribution in [0.25, 0.3) is 28.2 Å². The van der Waals surface area contributed by atoms with E-state index in [1.165, 1.54) is 33.2 Å². The van der Waals surface area contributed by atoms with Crippen LogP contribution < -0.4 is 10.5 Å². The summed E-state index contributed by atoms with van der Waals surface area (Å²) in [6, 6.07) is 14.8. The fourth-order valence-electron chi connectivity index (χ4n) is 4.90. The van der Waals surface area contributed by atoms with Crippen molar-refractivity contribution in [3.8, 4) is 11.3 Å². The Balaban J connectivity index is 0.00000316. The van der Waals surface area contributed by atoms with Crippen molar-refractivity contribution < 1.29 is 38.6 Å². The van der Waals surface area contributed by atoms with Gasteiger partial charge in [0.05, 0.1) is 12.3 Å². The van der Waals surface area contributed by atoms with E-state index in [4.69, 9.17) is 13.8 Å². The number of phosphoric ester groups is 1. The number of benzene rings is 2. The number of aliphatic hydroxyl groups is 1. The molecule has 0 spiro atoms. The molecule has 3 aromatic heterocycles. The maximum Gasteiger partial charge on any atom is 1.00 e. The molecule has 2 saturated heterocycles. The van der Waals surface area contributed by atoms with E-state index in [0.29, 0.717) is 10.6 Å². The van der Waals surface area contributed by atoms with Crippen LogP contribution in [-0.2, 0) is 18.3 Å². The first-order chi connectivity index (χ1) is 19.7. The van der Waals surface area contributed by atoms with Crippen LogP contribution in [0.2, 0.25) is 0 Å². The van der Waals surface area contributed by atoms with E-state index < -0.39 is 44.3 Å². The number of alkyl halides is 2. The molecule has 41 heavy (non-hydrogen) atoms. The molecule has 5 heterocycles. The smallest absolute Gasteiger partial charge is 0.756 e. The fourth-order valence-corrected chi connectivity index (χ4v) is 6.76. The minimum Gasteiger partial charge on any atom is -0.756 e. The normalized spacial score (nSPS) is 26.3. The third-order valence-electron chi connectivity index (χ3n) is 6.86. The average Bonchev–Trinajstić information content (AvgIpc) is 3.63. The van der Waals surface area contributed by atoms with E-state index in [1.807, 2.05) is 30.3 Å². The highest BCUT2D eigenvalue weighted by Gasteiger charge is 2.51. The van der Waals surface area contributed by atoms with Gasteiger partial charge in [-0.2, -0.15) is 4.98 Å². The zero-order chi connectivity index (χ0) is 28.5. The van der Waals surface area contributed by atoms with Gasteiger partial charge in [-0.1, -0.05) is 54.2 Å². The van der Waals surface area contributed by atoms with Crippen molar-refractivity contribution in [1.82, 2.24) is 23.9 Å². The topological polar surface area (TPSA) is 156 Å². The molecule has 7 rings (SSSR count). The van der Waals surface area contributed by atoms with Crippen LogP contribution in [0.3, 0.4) is 0 Å². The van der Waals surface area contributed by atoms with Gasteiger partial charge in [-0.15, -0.1) is 0 Å². The number of halogens is 2. The Kier molecular flexibility index (Phi) is 6.35. The van der Waals surface area contributed by atoms with Gasteiger partial charge in [0, 0.05) is 16.7 Å². The van der Waals surface area contributed by atoms with E-state index in [2.05, 4.69) is 15.0 Å². The predicted octanol–water partition coefficient (Wildman–Crippen LogP) is 3.38. The number of fused-ring (bicyclic) bond motifs is 3. The Labute approximate surface area is 234 Å². The van der Waals surface area contributed by atoms with E-state index >= 15 is 0 Å². The van der Waals surface area contributed by atoms with Crippen LogP contribution in [0.15, 0.2) is 75.6 Å². The molecule has 5 atom stereocenters. The van der Waals surface area contributed by atoms with Crippen molar-refractivity contribution in [2.75, 3.05) is 6.61 Å². The molecular formula is C25H20F2N5O7PS. The molecule has 0 amide bonds.